The molecular formula is C22H25ClN2O5S. The summed E-state index contributed by atoms with van der Waals surface area (Å²) in [6.45, 7) is 0.245. The number of rotatable bonds is 5. The molecule has 0 bridgehead atoms. The summed E-state index contributed by atoms with van der Waals surface area (Å²) in [4.78, 5) is 13.7. The lowest BCUT2D eigenvalue weighted by Crippen LogP contribution is -2.31. The van der Waals surface area contributed by atoms with E-state index in [0.717, 1.165) is 11.8 Å². The lowest BCUT2D eigenvalue weighted by Gasteiger charge is -2.26. The molecule has 2 aromatic carbocycles. The minimum Gasteiger partial charge on any atom is -0.495 e. The molecule has 0 atom stereocenters. The quantitative estimate of drug-likeness (QED) is 0.625. The molecule has 1 aliphatic carbocycles. The van der Waals surface area contributed by atoms with E-state index in [-0.39, 0.29) is 29.3 Å². The highest BCUT2D eigenvalue weighted by Crippen LogP contribution is 2.32. The molecule has 1 aliphatic rings. The topological polar surface area (TPSA) is 90.5 Å². The van der Waals surface area contributed by atoms with Crippen molar-refractivity contribution in [2.75, 3.05) is 13.4 Å². The summed E-state index contributed by atoms with van der Waals surface area (Å²) in [6.07, 6.45) is 3.49. The van der Waals surface area contributed by atoms with E-state index < -0.39 is 9.84 Å². The average Bonchev–Trinajstić information content (AvgIpc) is 2.99. The van der Waals surface area contributed by atoms with E-state index >= 15 is 0 Å². The summed E-state index contributed by atoms with van der Waals surface area (Å²) in [5, 5.41) is 10.3. The van der Waals surface area contributed by atoms with Gasteiger partial charge in [-0.3, -0.25) is 9.13 Å². The van der Waals surface area contributed by atoms with Crippen LogP contribution in [0.5, 0.6) is 5.75 Å². The number of aliphatic hydroxyl groups is 1. The molecule has 1 saturated carbocycles. The van der Waals surface area contributed by atoms with Gasteiger partial charge in [0, 0.05) is 12.3 Å². The molecular weight excluding hydrogens is 440 g/mol. The molecule has 31 heavy (non-hydrogen) atoms. The van der Waals surface area contributed by atoms with Crippen LogP contribution in [-0.4, -0.2) is 42.1 Å². The number of hydrogen-bond donors (Lipinski definition) is 1. The number of methoxy groups -OCH3 is 1. The summed E-state index contributed by atoms with van der Waals surface area (Å²) >= 11 is 6.26. The van der Waals surface area contributed by atoms with Crippen LogP contribution in [0.1, 0.15) is 37.3 Å². The van der Waals surface area contributed by atoms with Gasteiger partial charge in [0.2, 0.25) is 0 Å². The second kappa shape index (κ2) is 8.33. The second-order valence-electron chi connectivity index (χ2n) is 8.09. The van der Waals surface area contributed by atoms with Gasteiger partial charge >= 0.3 is 5.69 Å². The van der Waals surface area contributed by atoms with E-state index in [4.69, 9.17) is 16.3 Å². The van der Waals surface area contributed by atoms with Crippen LogP contribution >= 0.6 is 11.6 Å². The monoisotopic (exact) mass is 464 g/mol. The Kier molecular flexibility index (Phi) is 5.89. The summed E-state index contributed by atoms with van der Waals surface area (Å²) < 4.78 is 32.8. The van der Waals surface area contributed by atoms with Crippen LogP contribution in [0.4, 0.5) is 0 Å². The van der Waals surface area contributed by atoms with Crippen LogP contribution in [0.2, 0.25) is 5.02 Å². The van der Waals surface area contributed by atoms with Crippen molar-refractivity contribution in [3.8, 4) is 5.75 Å². The fraction of sp³-hybridized carbons (Fsp3) is 0.409. The van der Waals surface area contributed by atoms with Gasteiger partial charge in [0.05, 0.1) is 40.7 Å². The van der Waals surface area contributed by atoms with Gasteiger partial charge in [-0.2, -0.15) is 0 Å². The third-order valence-electron chi connectivity index (χ3n) is 5.95. The van der Waals surface area contributed by atoms with Gasteiger partial charge in [-0.1, -0.05) is 17.7 Å². The van der Waals surface area contributed by atoms with Crippen LogP contribution in [0.15, 0.2) is 46.1 Å². The maximum atomic E-state index is 13.5. The van der Waals surface area contributed by atoms with E-state index in [1.54, 1.807) is 39.5 Å². The number of sulfone groups is 1. The van der Waals surface area contributed by atoms with Gasteiger partial charge < -0.3 is 9.84 Å². The number of fused-ring (bicyclic) bond motifs is 1. The summed E-state index contributed by atoms with van der Waals surface area (Å²) in [6, 6.07) is 10.1. The Labute approximate surface area is 185 Å². The molecule has 0 spiro atoms. The summed E-state index contributed by atoms with van der Waals surface area (Å²) in [7, 11) is -1.90. The molecule has 4 rings (SSSR count). The molecule has 3 aromatic rings. The van der Waals surface area contributed by atoms with E-state index in [1.807, 2.05) is 6.07 Å². The van der Waals surface area contributed by atoms with E-state index in [9.17, 15) is 18.3 Å². The van der Waals surface area contributed by atoms with Gasteiger partial charge in [0.25, 0.3) is 0 Å². The molecule has 0 unspecified atom stereocenters. The van der Waals surface area contributed by atoms with Crippen LogP contribution < -0.4 is 10.4 Å². The van der Waals surface area contributed by atoms with Crippen molar-refractivity contribution in [2.24, 2.45) is 0 Å². The molecule has 1 heterocycles. The molecule has 0 saturated heterocycles. The minimum atomic E-state index is -3.43. The number of ether oxygens (including phenoxy) is 1. The van der Waals surface area contributed by atoms with E-state index in [2.05, 4.69) is 0 Å². The summed E-state index contributed by atoms with van der Waals surface area (Å²) in [5.74, 6) is 0.542. The van der Waals surface area contributed by atoms with Crippen LogP contribution in [0, 0.1) is 0 Å². The highest BCUT2D eigenvalue weighted by molar-refractivity contribution is 7.90. The second-order valence-corrected chi connectivity index (χ2v) is 10.5. The highest BCUT2D eigenvalue weighted by atomic mass is 35.5. The van der Waals surface area contributed by atoms with Crippen LogP contribution in [0.3, 0.4) is 0 Å². The van der Waals surface area contributed by atoms with Gasteiger partial charge in [-0.15, -0.1) is 0 Å². The smallest absolute Gasteiger partial charge is 0.329 e. The fourth-order valence-corrected chi connectivity index (χ4v) is 5.22. The van der Waals surface area contributed by atoms with Gasteiger partial charge in [0.15, 0.2) is 9.84 Å². The third-order valence-corrected chi connectivity index (χ3v) is 7.36. The number of hydrogen-bond acceptors (Lipinski definition) is 5. The highest BCUT2D eigenvalue weighted by Gasteiger charge is 2.26. The maximum Gasteiger partial charge on any atom is 0.329 e. The number of halogens is 1. The Morgan fingerprint density at radius 2 is 1.81 bits per heavy atom. The molecule has 9 heteroatoms. The number of aromatic nitrogens is 2. The molecule has 7 nitrogen and oxygen atoms in total. The lowest BCUT2D eigenvalue weighted by molar-refractivity contribution is 0.110. The first-order valence-corrected chi connectivity index (χ1v) is 12.4. The van der Waals surface area contributed by atoms with Crippen molar-refractivity contribution in [1.82, 2.24) is 9.13 Å². The normalized spacial score (nSPS) is 19.6. The third kappa shape index (κ3) is 4.24. The first kappa shape index (κ1) is 21.9. The zero-order valence-electron chi connectivity index (χ0n) is 17.4. The van der Waals surface area contributed by atoms with Gasteiger partial charge in [-0.25, -0.2) is 13.2 Å². The Morgan fingerprint density at radius 3 is 2.42 bits per heavy atom. The van der Waals surface area contributed by atoms with Gasteiger partial charge in [0.1, 0.15) is 5.75 Å². The molecule has 0 aliphatic heterocycles. The van der Waals surface area contributed by atoms with Crippen molar-refractivity contribution >= 4 is 32.5 Å². The van der Waals surface area contributed by atoms with Crippen molar-refractivity contribution in [3.63, 3.8) is 0 Å². The Balaban J connectivity index is 1.87. The Hall–Kier alpha value is -2.29. The van der Waals surface area contributed by atoms with Crippen LogP contribution in [0.25, 0.3) is 11.0 Å². The zero-order valence-corrected chi connectivity index (χ0v) is 19.0. The SMILES string of the molecule is COc1ccc(Cn2c(=O)n([C@H]3CC[C@H](O)CC3)c3ccc(S(C)(=O)=O)cc32)cc1Cl. The molecule has 1 N–H and O–H groups in total. The van der Waals surface area contributed by atoms with Crippen molar-refractivity contribution in [1.29, 1.82) is 0 Å². The molecule has 166 valence electrons. The molecule has 1 fully saturated rings. The number of nitrogens with zero attached hydrogens (tertiary/aromatic N) is 2. The average molecular weight is 465 g/mol. The fourth-order valence-electron chi connectivity index (χ4n) is 4.30. The minimum absolute atomic E-state index is 0.0387. The maximum absolute atomic E-state index is 13.5. The van der Waals surface area contributed by atoms with E-state index in [1.165, 1.54) is 7.11 Å². The number of aliphatic hydroxyl groups excluding tert-OH is 1. The van der Waals surface area contributed by atoms with Crippen LogP contribution in [-0.2, 0) is 16.4 Å². The van der Waals surface area contributed by atoms with Gasteiger partial charge in [-0.05, 0) is 61.6 Å². The molecule has 0 amide bonds. The predicted molar refractivity (Wildman–Crippen MR) is 120 cm³/mol. The van der Waals surface area contributed by atoms with Crippen molar-refractivity contribution in [2.45, 2.75) is 49.3 Å². The lowest BCUT2D eigenvalue weighted by atomic mass is 9.93. The first-order valence-electron chi connectivity index (χ1n) is 10.1. The number of imidazole rings is 1. The zero-order chi connectivity index (χ0) is 22.3. The molecule has 0 radical (unpaired) electrons. The molecule has 1 aromatic heterocycles. The van der Waals surface area contributed by atoms with Crippen molar-refractivity contribution in [3.05, 3.63) is 57.5 Å². The Morgan fingerprint density at radius 1 is 1.10 bits per heavy atom. The standard InChI is InChI=1S/C22H25ClN2O5S/c1-30-21-10-3-14(11-18(21)23)13-24-20-12-17(31(2,28)29)8-9-19(20)25(22(24)27)15-4-6-16(26)7-5-15/h3,8-12,15-16,26H,4-7,13H2,1-2H3/t15-,16-. The van der Waals surface area contributed by atoms with Crippen molar-refractivity contribution < 1.29 is 18.3 Å². The number of benzene rings is 2. The Bertz CT molecular complexity index is 1290. The summed E-state index contributed by atoms with van der Waals surface area (Å²) in [5.41, 5.74) is 1.86. The largest absolute Gasteiger partial charge is 0.495 e. The van der Waals surface area contributed by atoms with E-state index in [0.29, 0.717) is 47.5 Å². The predicted octanol–water partition coefficient (Wildman–Crippen LogP) is 3.39. The first-order chi connectivity index (χ1) is 14.7.